The average molecular weight is 316 g/mol. The Morgan fingerprint density at radius 1 is 1.48 bits per heavy atom. The Balaban J connectivity index is 2.20. The van der Waals surface area contributed by atoms with Gasteiger partial charge in [-0.1, -0.05) is 6.07 Å². The first-order chi connectivity index (χ1) is 9.86. The Bertz CT molecular complexity index is 606. The third-order valence-corrected chi connectivity index (χ3v) is 5.86. The number of aliphatic hydroxyl groups is 1. The van der Waals surface area contributed by atoms with Crippen molar-refractivity contribution in [2.75, 3.05) is 27.2 Å². The van der Waals surface area contributed by atoms with E-state index in [2.05, 4.69) is 4.90 Å². The summed E-state index contributed by atoms with van der Waals surface area (Å²) in [6.45, 7) is 0.984. The minimum absolute atomic E-state index is 0.171. The third-order valence-electron chi connectivity index (χ3n) is 4.01. The van der Waals surface area contributed by atoms with Gasteiger partial charge in [0, 0.05) is 19.6 Å². The number of benzene rings is 1. The maximum atomic E-state index is 14.0. The molecule has 1 N–H and O–H groups in total. The highest BCUT2D eigenvalue weighted by Crippen LogP contribution is 2.22. The topological polar surface area (TPSA) is 60.9 Å². The molecular weight excluding hydrogens is 295 g/mol. The summed E-state index contributed by atoms with van der Waals surface area (Å²) in [7, 11) is -0.415. The van der Waals surface area contributed by atoms with Gasteiger partial charge in [0.2, 0.25) is 10.0 Å². The number of hydrogen-bond acceptors (Lipinski definition) is 4. The average Bonchev–Trinajstić information content (AvgIpc) is 2.83. The molecule has 1 saturated heterocycles. The quantitative estimate of drug-likeness (QED) is 0.881. The van der Waals surface area contributed by atoms with E-state index in [4.69, 9.17) is 5.11 Å². The number of aliphatic hydroxyl groups excluding tert-OH is 1. The van der Waals surface area contributed by atoms with Gasteiger partial charge in [-0.3, -0.25) is 0 Å². The second-order valence-corrected chi connectivity index (χ2v) is 7.50. The number of hydrogen-bond donors (Lipinski definition) is 1. The van der Waals surface area contributed by atoms with Crippen LogP contribution in [-0.4, -0.2) is 56.0 Å². The predicted octanol–water partition coefficient (Wildman–Crippen LogP) is 1.03. The van der Waals surface area contributed by atoms with Crippen LogP contribution in [0.25, 0.3) is 0 Å². The molecule has 1 atom stereocenters. The molecule has 0 saturated carbocycles. The standard InChI is InChI=1S/C14H21FN2O3S/c1-16-7-3-4-12(16)9-17(2)21(19,20)14-6-5-11(10-18)8-13(14)15/h5-6,8,12,18H,3-4,7,9-10H2,1-2H3. The molecule has 118 valence electrons. The molecule has 1 heterocycles. The van der Waals surface area contributed by atoms with Crippen molar-refractivity contribution in [1.29, 1.82) is 0 Å². The molecule has 1 fully saturated rings. The highest BCUT2D eigenvalue weighted by Gasteiger charge is 2.29. The van der Waals surface area contributed by atoms with E-state index in [1.807, 2.05) is 7.05 Å². The van der Waals surface area contributed by atoms with Crippen LogP contribution in [0.3, 0.4) is 0 Å². The lowest BCUT2D eigenvalue weighted by molar-refractivity contribution is 0.270. The van der Waals surface area contributed by atoms with E-state index in [0.29, 0.717) is 12.1 Å². The van der Waals surface area contributed by atoms with Gasteiger partial charge in [-0.2, -0.15) is 4.31 Å². The molecule has 1 aromatic carbocycles. The van der Waals surface area contributed by atoms with Crippen molar-refractivity contribution in [1.82, 2.24) is 9.21 Å². The summed E-state index contributed by atoms with van der Waals surface area (Å²) in [5.74, 6) is -0.826. The highest BCUT2D eigenvalue weighted by atomic mass is 32.2. The van der Waals surface area contributed by atoms with E-state index in [0.717, 1.165) is 25.5 Å². The van der Waals surface area contributed by atoms with E-state index in [1.54, 1.807) is 0 Å². The zero-order valence-corrected chi connectivity index (χ0v) is 13.1. The number of sulfonamides is 1. The van der Waals surface area contributed by atoms with Gasteiger partial charge in [-0.05, 0) is 44.1 Å². The summed E-state index contributed by atoms with van der Waals surface area (Å²) in [5.41, 5.74) is 0.352. The van der Waals surface area contributed by atoms with Crippen LogP contribution in [0.4, 0.5) is 4.39 Å². The van der Waals surface area contributed by atoms with Gasteiger partial charge in [-0.15, -0.1) is 0 Å². The molecule has 0 aromatic heterocycles. The Morgan fingerprint density at radius 3 is 2.71 bits per heavy atom. The molecule has 0 radical (unpaired) electrons. The van der Waals surface area contributed by atoms with Crippen molar-refractivity contribution < 1.29 is 17.9 Å². The Hall–Kier alpha value is -1.02. The maximum Gasteiger partial charge on any atom is 0.245 e. The number of rotatable bonds is 5. The summed E-state index contributed by atoms with van der Waals surface area (Å²) in [4.78, 5) is 1.78. The molecular formula is C14H21FN2O3S. The summed E-state index contributed by atoms with van der Waals surface area (Å²) < 4.78 is 40.1. The van der Waals surface area contributed by atoms with Gasteiger partial charge in [0.1, 0.15) is 10.7 Å². The molecule has 0 spiro atoms. The first-order valence-electron chi connectivity index (χ1n) is 6.92. The van der Waals surface area contributed by atoms with Gasteiger partial charge in [0.05, 0.1) is 6.61 Å². The fraction of sp³-hybridized carbons (Fsp3) is 0.571. The van der Waals surface area contributed by atoms with Crippen LogP contribution in [0.2, 0.25) is 0 Å². The van der Waals surface area contributed by atoms with Gasteiger partial charge in [-0.25, -0.2) is 12.8 Å². The second kappa shape index (κ2) is 6.39. The number of likely N-dealkylation sites (N-methyl/N-ethyl adjacent to an activating group) is 2. The number of nitrogens with zero attached hydrogens (tertiary/aromatic N) is 2. The number of halogens is 1. The van der Waals surface area contributed by atoms with E-state index in [9.17, 15) is 12.8 Å². The van der Waals surface area contributed by atoms with Gasteiger partial charge in [0.25, 0.3) is 0 Å². The minimum atomic E-state index is -3.86. The predicted molar refractivity (Wildman–Crippen MR) is 77.8 cm³/mol. The molecule has 0 aliphatic carbocycles. The highest BCUT2D eigenvalue weighted by molar-refractivity contribution is 7.89. The Morgan fingerprint density at radius 2 is 2.19 bits per heavy atom. The third kappa shape index (κ3) is 3.42. The maximum absolute atomic E-state index is 14.0. The van der Waals surface area contributed by atoms with Crippen molar-refractivity contribution in [3.05, 3.63) is 29.6 Å². The molecule has 21 heavy (non-hydrogen) atoms. The Labute approximate surface area is 125 Å². The van der Waals surface area contributed by atoms with E-state index in [-0.39, 0.29) is 17.5 Å². The van der Waals surface area contributed by atoms with Crippen molar-refractivity contribution in [3.63, 3.8) is 0 Å². The van der Waals surface area contributed by atoms with E-state index >= 15 is 0 Å². The van der Waals surface area contributed by atoms with Gasteiger partial charge >= 0.3 is 0 Å². The van der Waals surface area contributed by atoms with Crippen LogP contribution in [0, 0.1) is 5.82 Å². The van der Waals surface area contributed by atoms with Crippen molar-refractivity contribution in [2.45, 2.75) is 30.4 Å². The smallest absolute Gasteiger partial charge is 0.245 e. The zero-order valence-electron chi connectivity index (χ0n) is 12.3. The van der Waals surface area contributed by atoms with Crippen LogP contribution >= 0.6 is 0 Å². The second-order valence-electron chi connectivity index (χ2n) is 5.49. The summed E-state index contributed by atoms with van der Waals surface area (Å²) in [6, 6.07) is 3.86. The first kappa shape index (κ1) is 16.4. The molecule has 5 nitrogen and oxygen atoms in total. The summed E-state index contributed by atoms with van der Waals surface area (Å²) >= 11 is 0. The lowest BCUT2D eigenvalue weighted by Gasteiger charge is -2.25. The van der Waals surface area contributed by atoms with E-state index < -0.39 is 15.8 Å². The summed E-state index contributed by atoms with van der Waals surface area (Å²) in [6.07, 6.45) is 2.00. The van der Waals surface area contributed by atoms with Crippen molar-refractivity contribution >= 4 is 10.0 Å². The molecule has 1 aromatic rings. The van der Waals surface area contributed by atoms with Crippen LogP contribution in [0.1, 0.15) is 18.4 Å². The monoisotopic (exact) mass is 316 g/mol. The van der Waals surface area contributed by atoms with Gasteiger partial charge < -0.3 is 10.0 Å². The summed E-state index contributed by atoms with van der Waals surface area (Å²) in [5, 5.41) is 8.95. The molecule has 1 aliphatic rings. The minimum Gasteiger partial charge on any atom is -0.392 e. The number of likely N-dealkylation sites (tertiary alicyclic amines) is 1. The first-order valence-corrected chi connectivity index (χ1v) is 8.36. The normalized spacial score (nSPS) is 20.3. The van der Waals surface area contributed by atoms with Crippen LogP contribution < -0.4 is 0 Å². The van der Waals surface area contributed by atoms with Crippen molar-refractivity contribution in [2.24, 2.45) is 0 Å². The molecule has 0 bridgehead atoms. The van der Waals surface area contributed by atoms with Crippen molar-refractivity contribution in [3.8, 4) is 0 Å². The molecule has 7 heteroatoms. The lowest BCUT2D eigenvalue weighted by atomic mass is 10.2. The largest absolute Gasteiger partial charge is 0.392 e. The zero-order chi connectivity index (χ0) is 15.6. The lowest BCUT2D eigenvalue weighted by Crippen LogP contribution is -2.39. The SMILES string of the molecule is CN1CCCC1CN(C)S(=O)(=O)c1ccc(CO)cc1F. The fourth-order valence-corrected chi connectivity index (χ4v) is 3.87. The molecule has 1 aliphatic heterocycles. The molecule has 1 unspecified atom stereocenters. The molecule has 2 rings (SSSR count). The van der Waals surface area contributed by atoms with Gasteiger partial charge in [0.15, 0.2) is 0 Å². The van der Waals surface area contributed by atoms with E-state index in [1.165, 1.54) is 23.5 Å². The van der Waals surface area contributed by atoms with Crippen LogP contribution in [0.15, 0.2) is 23.1 Å². The molecule has 0 amide bonds. The van der Waals surface area contributed by atoms with Crippen LogP contribution in [0.5, 0.6) is 0 Å². The van der Waals surface area contributed by atoms with Crippen LogP contribution in [-0.2, 0) is 16.6 Å². The Kier molecular flexibility index (Phi) is 4.98. The fourth-order valence-electron chi connectivity index (χ4n) is 2.62.